The van der Waals surface area contributed by atoms with Crippen molar-refractivity contribution < 1.29 is 13.2 Å². The lowest BCUT2D eigenvalue weighted by Gasteiger charge is -2.07. The van der Waals surface area contributed by atoms with Crippen LogP contribution in [-0.4, -0.2) is 16.9 Å². The predicted octanol–water partition coefficient (Wildman–Crippen LogP) is 3.75. The third kappa shape index (κ3) is 5.25. The Morgan fingerprint density at radius 1 is 1.38 bits per heavy atom. The van der Waals surface area contributed by atoms with Gasteiger partial charge in [-0.1, -0.05) is 6.07 Å². The quantitative estimate of drug-likeness (QED) is 0.666. The molecule has 0 atom stereocenters. The second kappa shape index (κ2) is 5.43. The Hall–Kier alpha value is -0.910. The van der Waals surface area contributed by atoms with Crippen molar-refractivity contribution in [2.75, 3.05) is 0 Å². The monoisotopic (exact) mass is 294 g/mol. The SMILES string of the molecule is N=C(CCC(F)(F)F)Cc1cccc(Br)n1. The van der Waals surface area contributed by atoms with Crippen LogP contribution in [0.15, 0.2) is 22.8 Å². The predicted molar refractivity (Wildman–Crippen MR) is 58.7 cm³/mol. The van der Waals surface area contributed by atoms with Crippen molar-refractivity contribution in [3.63, 3.8) is 0 Å². The number of hydrogen-bond acceptors (Lipinski definition) is 2. The number of hydrogen-bond donors (Lipinski definition) is 1. The molecular weight excluding hydrogens is 285 g/mol. The first-order chi connectivity index (χ1) is 7.37. The zero-order valence-corrected chi connectivity index (χ0v) is 9.90. The molecule has 0 bridgehead atoms. The Morgan fingerprint density at radius 2 is 2.06 bits per heavy atom. The molecular formula is C10H10BrF3N2. The van der Waals surface area contributed by atoms with Crippen LogP contribution in [0.3, 0.4) is 0 Å². The molecule has 1 rings (SSSR count). The molecule has 0 unspecified atom stereocenters. The van der Waals surface area contributed by atoms with Crippen molar-refractivity contribution >= 4 is 21.6 Å². The highest BCUT2D eigenvalue weighted by atomic mass is 79.9. The minimum atomic E-state index is -4.20. The van der Waals surface area contributed by atoms with E-state index in [2.05, 4.69) is 20.9 Å². The highest BCUT2D eigenvalue weighted by molar-refractivity contribution is 9.10. The number of pyridine rings is 1. The Bertz CT molecular complexity index is 377. The van der Waals surface area contributed by atoms with Gasteiger partial charge in [0, 0.05) is 24.2 Å². The molecule has 6 heteroatoms. The number of alkyl halides is 3. The van der Waals surface area contributed by atoms with E-state index in [1.807, 2.05) is 0 Å². The summed E-state index contributed by atoms with van der Waals surface area (Å²) >= 11 is 3.16. The summed E-state index contributed by atoms with van der Waals surface area (Å²) in [6.07, 6.45) is -5.25. The molecule has 0 radical (unpaired) electrons. The van der Waals surface area contributed by atoms with Crippen molar-refractivity contribution in [3.05, 3.63) is 28.5 Å². The summed E-state index contributed by atoms with van der Waals surface area (Å²) in [6, 6.07) is 5.15. The third-order valence-electron chi connectivity index (χ3n) is 1.88. The topological polar surface area (TPSA) is 36.7 Å². The van der Waals surface area contributed by atoms with E-state index in [0.717, 1.165) is 0 Å². The largest absolute Gasteiger partial charge is 0.389 e. The van der Waals surface area contributed by atoms with Gasteiger partial charge in [-0.2, -0.15) is 13.2 Å². The van der Waals surface area contributed by atoms with Crippen molar-refractivity contribution in [2.45, 2.75) is 25.4 Å². The van der Waals surface area contributed by atoms with Crippen LogP contribution in [0.1, 0.15) is 18.5 Å². The summed E-state index contributed by atoms with van der Waals surface area (Å²) in [5.41, 5.74) is 0.643. The van der Waals surface area contributed by atoms with Crippen molar-refractivity contribution in [1.82, 2.24) is 4.98 Å². The summed E-state index contributed by atoms with van der Waals surface area (Å²) in [7, 11) is 0. The van der Waals surface area contributed by atoms with E-state index in [9.17, 15) is 13.2 Å². The van der Waals surface area contributed by atoms with E-state index in [1.165, 1.54) is 0 Å². The number of nitrogens with zero attached hydrogens (tertiary/aromatic N) is 1. The first-order valence-electron chi connectivity index (χ1n) is 4.61. The second-order valence-corrected chi connectivity index (χ2v) is 4.16. The molecule has 0 aliphatic heterocycles. The minimum absolute atomic E-state index is 0.0444. The number of nitrogens with one attached hydrogen (secondary N) is 1. The molecule has 1 N–H and O–H groups in total. The van der Waals surface area contributed by atoms with E-state index >= 15 is 0 Å². The molecule has 16 heavy (non-hydrogen) atoms. The molecule has 0 saturated heterocycles. The molecule has 0 amide bonds. The number of rotatable bonds is 4. The van der Waals surface area contributed by atoms with Crippen LogP contribution < -0.4 is 0 Å². The normalized spacial score (nSPS) is 11.5. The first-order valence-corrected chi connectivity index (χ1v) is 5.40. The highest BCUT2D eigenvalue weighted by Gasteiger charge is 2.26. The Morgan fingerprint density at radius 3 is 2.62 bits per heavy atom. The van der Waals surface area contributed by atoms with E-state index in [-0.39, 0.29) is 18.6 Å². The Labute approximate surface area is 99.5 Å². The average molecular weight is 295 g/mol. The molecule has 0 spiro atoms. The zero-order chi connectivity index (χ0) is 12.2. The molecule has 0 aromatic carbocycles. The van der Waals surface area contributed by atoms with Crippen LogP contribution >= 0.6 is 15.9 Å². The maximum Gasteiger partial charge on any atom is 0.389 e. The van der Waals surface area contributed by atoms with Crippen LogP contribution in [-0.2, 0) is 6.42 Å². The molecule has 0 saturated carbocycles. The molecule has 0 aliphatic carbocycles. The lowest BCUT2D eigenvalue weighted by atomic mass is 10.1. The molecule has 1 heterocycles. The van der Waals surface area contributed by atoms with Crippen molar-refractivity contribution in [3.8, 4) is 0 Å². The van der Waals surface area contributed by atoms with Gasteiger partial charge in [0.15, 0.2) is 0 Å². The van der Waals surface area contributed by atoms with Gasteiger partial charge >= 0.3 is 6.18 Å². The fourth-order valence-electron chi connectivity index (χ4n) is 1.15. The van der Waals surface area contributed by atoms with E-state index < -0.39 is 12.6 Å². The van der Waals surface area contributed by atoms with Gasteiger partial charge in [0.2, 0.25) is 0 Å². The van der Waals surface area contributed by atoms with Crippen LogP contribution in [0.5, 0.6) is 0 Å². The van der Waals surface area contributed by atoms with Crippen LogP contribution in [0.25, 0.3) is 0 Å². The molecule has 88 valence electrons. The number of aromatic nitrogens is 1. The first kappa shape index (κ1) is 13.2. The van der Waals surface area contributed by atoms with Gasteiger partial charge in [-0.3, -0.25) is 0 Å². The van der Waals surface area contributed by atoms with Gasteiger partial charge in [-0.25, -0.2) is 4.98 Å². The van der Waals surface area contributed by atoms with E-state index in [4.69, 9.17) is 5.41 Å². The molecule has 1 aromatic rings. The van der Waals surface area contributed by atoms with Gasteiger partial charge in [0.1, 0.15) is 4.60 Å². The number of halogens is 4. The summed E-state index contributed by atoms with van der Waals surface area (Å²) in [5, 5.41) is 7.42. The van der Waals surface area contributed by atoms with E-state index in [0.29, 0.717) is 10.3 Å². The lowest BCUT2D eigenvalue weighted by molar-refractivity contribution is -0.132. The second-order valence-electron chi connectivity index (χ2n) is 3.35. The summed E-state index contributed by atoms with van der Waals surface area (Å²) in [6.45, 7) is 0. The summed E-state index contributed by atoms with van der Waals surface area (Å²) in [4.78, 5) is 4.05. The Kier molecular flexibility index (Phi) is 4.46. The fraction of sp³-hybridized carbons (Fsp3) is 0.400. The van der Waals surface area contributed by atoms with E-state index in [1.54, 1.807) is 18.2 Å². The average Bonchev–Trinajstić information content (AvgIpc) is 2.14. The van der Waals surface area contributed by atoms with Gasteiger partial charge in [-0.05, 0) is 34.5 Å². The maximum absolute atomic E-state index is 11.9. The van der Waals surface area contributed by atoms with Crippen molar-refractivity contribution in [1.29, 1.82) is 5.41 Å². The van der Waals surface area contributed by atoms with Crippen LogP contribution in [0, 0.1) is 5.41 Å². The Balaban J connectivity index is 2.46. The van der Waals surface area contributed by atoms with Gasteiger partial charge < -0.3 is 5.41 Å². The molecule has 0 fully saturated rings. The standard InChI is InChI=1S/C10H10BrF3N2/c11-9-3-1-2-8(16-9)6-7(15)4-5-10(12,13)14/h1-3,15H,4-6H2. The lowest BCUT2D eigenvalue weighted by Crippen LogP contribution is -2.12. The smallest absolute Gasteiger partial charge is 0.309 e. The summed E-state index contributed by atoms with van der Waals surface area (Å²) < 4.78 is 36.3. The van der Waals surface area contributed by atoms with Crippen molar-refractivity contribution in [2.24, 2.45) is 0 Å². The summed E-state index contributed by atoms with van der Waals surface area (Å²) in [5.74, 6) is 0. The minimum Gasteiger partial charge on any atom is -0.309 e. The maximum atomic E-state index is 11.9. The molecule has 2 nitrogen and oxygen atoms in total. The third-order valence-corrected chi connectivity index (χ3v) is 2.32. The van der Waals surface area contributed by atoms with Gasteiger partial charge in [0.25, 0.3) is 0 Å². The van der Waals surface area contributed by atoms with Gasteiger partial charge in [0.05, 0.1) is 0 Å². The highest BCUT2D eigenvalue weighted by Crippen LogP contribution is 2.21. The van der Waals surface area contributed by atoms with Crippen LogP contribution in [0.4, 0.5) is 13.2 Å². The zero-order valence-electron chi connectivity index (χ0n) is 8.31. The molecule has 1 aromatic heterocycles. The molecule has 0 aliphatic rings. The fourth-order valence-corrected chi connectivity index (χ4v) is 1.53. The van der Waals surface area contributed by atoms with Crippen LogP contribution in [0.2, 0.25) is 0 Å². The van der Waals surface area contributed by atoms with Gasteiger partial charge in [-0.15, -0.1) is 0 Å².